The van der Waals surface area contributed by atoms with Crippen LogP contribution in [-0.4, -0.2) is 78.9 Å². The molecule has 1 aromatic carbocycles. The van der Waals surface area contributed by atoms with E-state index in [1.54, 1.807) is 0 Å². The summed E-state index contributed by atoms with van der Waals surface area (Å²) in [7, 11) is 0. The second-order valence-electron chi connectivity index (χ2n) is 7.05. The molecule has 0 atom stereocenters. The number of amides is 2. The highest BCUT2D eigenvalue weighted by Gasteiger charge is 2.24. The van der Waals surface area contributed by atoms with E-state index in [4.69, 9.17) is 4.74 Å². The fourth-order valence-corrected chi connectivity index (χ4v) is 3.52. The first-order chi connectivity index (χ1) is 12.7. The van der Waals surface area contributed by atoms with Crippen molar-refractivity contribution in [3.63, 3.8) is 0 Å². The van der Waals surface area contributed by atoms with E-state index in [9.17, 15) is 9.59 Å². The van der Waals surface area contributed by atoms with Crippen molar-refractivity contribution in [1.82, 2.24) is 14.7 Å². The number of benzene rings is 1. The minimum absolute atomic E-state index is 0.00680. The molecule has 1 aromatic rings. The molecule has 2 aliphatic rings. The quantitative estimate of drug-likeness (QED) is 0.802. The summed E-state index contributed by atoms with van der Waals surface area (Å²) >= 11 is 0. The minimum atomic E-state index is 0.00680. The van der Waals surface area contributed by atoms with Gasteiger partial charge in [0.1, 0.15) is 5.75 Å². The molecule has 0 radical (unpaired) electrons. The summed E-state index contributed by atoms with van der Waals surface area (Å²) < 4.78 is 5.54. The van der Waals surface area contributed by atoms with E-state index in [1.807, 2.05) is 40.1 Å². The van der Waals surface area contributed by atoms with Gasteiger partial charge in [-0.05, 0) is 25.0 Å². The van der Waals surface area contributed by atoms with Crippen molar-refractivity contribution in [2.75, 3.05) is 52.4 Å². The van der Waals surface area contributed by atoms with E-state index in [-0.39, 0.29) is 18.4 Å². The van der Waals surface area contributed by atoms with Crippen LogP contribution >= 0.6 is 0 Å². The largest absolute Gasteiger partial charge is 0.484 e. The number of hydrogen-bond acceptors (Lipinski definition) is 4. The van der Waals surface area contributed by atoms with Crippen LogP contribution in [0, 0.1) is 0 Å². The smallest absolute Gasteiger partial charge is 0.260 e. The Morgan fingerprint density at radius 2 is 1.38 bits per heavy atom. The second-order valence-corrected chi connectivity index (χ2v) is 7.05. The van der Waals surface area contributed by atoms with E-state index in [0.29, 0.717) is 25.4 Å². The van der Waals surface area contributed by atoms with Gasteiger partial charge >= 0.3 is 0 Å². The Labute approximate surface area is 155 Å². The Morgan fingerprint density at radius 1 is 0.769 bits per heavy atom. The zero-order chi connectivity index (χ0) is 18.2. The van der Waals surface area contributed by atoms with Gasteiger partial charge in [-0.3, -0.25) is 14.5 Å². The Kier molecular flexibility index (Phi) is 6.89. The number of ether oxygens (including phenoxy) is 1. The van der Waals surface area contributed by atoms with Gasteiger partial charge in [0.15, 0.2) is 6.61 Å². The number of hydrogen-bond donors (Lipinski definition) is 0. The number of carbonyl (C=O) groups excluding carboxylic acids is 2. The summed E-state index contributed by atoms with van der Waals surface area (Å²) in [6, 6.07) is 9.39. The first-order valence-corrected chi connectivity index (χ1v) is 9.68. The van der Waals surface area contributed by atoms with Crippen LogP contribution in [0.15, 0.2) is 30.3 Å². The molecule has 0 bridgehead atoms. The Morgan fingerprint density at radius 3 is 2.04 bits per heavy atom. The lowest BCUT2D eigenvalue weighted by Crippen LogP contribution is -2.52. The number of likely N-dealkylation sites (tertiary alicyclic amines) is 1. The van der Waals surface area contributed by atoms with Crippen molar-refractivity contribution < 1.29 is 14.3 Å². The number of nitrogens with zero attached hydrogens (tertiary/aromatic N) is 3. The normalized spacial score (nSPS) is 19.1. The average Bonchev–Trinajstić information content (AvgIpc) is 2.97. The van der Waals surface area contributed by atoms with Crippen molar-refractivity contribution in [3.8, 4) is 5.75 Å². The third-order valence-corrected chi connectivity index (χ3v) is 5.15. The molecule has 142 valence electrons. The molecule has 6 nitrogen and oxygen atoms in total. The summed E-state index contributed by atoms with van der Waals surface area (Å²) in [6.45, 7) is 5.14. The third-order valence-electron chi connectivity index (χ3n) is 5.15. The summed E-state index contributed by atoms with van der Waals surface area (Å²) in [4.78, 5) is 30.8. The van der Waals surface area contributed by atoms with E-state index in [0.717, 1.165) is 39.0 Å². The lowest BCUT2D eigenvalue weighted by atomic mass is 10.2. The zero-order valence-electron chi connectivity index (χ0n) is 15.4. The van der Waals surface area contributed by atoms with Crippen LogP contribution in [0.1, 0.15) is 25.7 Å². The molecular weight excluding hydrogens is 330 g/mol. The van der Waals surface area contributed by atoms with Crippen molar-refractivity contribution >= 4 is 11.8 Å². The Balaban J connectivity index is 1.38. The monoisotopic (exact) mass is 359 g/mol. The minimum Gasteiger partial charge on any atom is -0.484 e. The van der Waals surface area contributed by atoms with Crippen molar-refractivity contribution in [3.05, 3.63) is 30.3 Å². The van der Waals surface area contributed by atoms with Crippen LogP contribution in [-0.2, 0) is 9.59 Å². The maximum absolute atomic E-state index is 12.5. The maximum Gasteiger partial charge on any atom is 0.260 e. The van der Waals surface area contributed by atoms with Crippen LogP contribution in [0.5, 0.6) is 5.75 Å². The van der Waals surface area contributed by atoms with Crippen molar-refractivity contribution in [2.45, 2.75) is 25.7 Å². The SMILES string of the molecule is O=C(COc1ccccc1)N1CCN(CC(=O)N2CCCCCC2)CC1. The van der Waals surface area contributed by atoms with Gasteiger partial charge in [0.25, 0.3) is 5.91 Å². The Bertz CT molecular complexity index is 577. The molecular formula is C20H29N3O3. The fourth-order valence-electron chi connectivity index (χ4n) is 3.52. The van der Waals surface area contributed by atoms with Gasteiger partial charge in [0, 0.05) is 39.3 Å². The molecule has 2 fully saturated rings. The summed E-state index contributed by atoms with van der Waals surface area (Å²) in [6.07, 6.45) is 4.70. The Hall–Kier alpha value is -2.08. The molecule has 2 heterocycles. The van der Waals surface area contributed by atoms with Crippen LogP contribution in [0.4, 0.5) is 0 Å². The highest BCUT2D eigenvalue weighted by molar-refractivity contribution is 5.79. The van der Waals surface area contributed by atoms with Gasteiger partial charge in [0.05, 0.1) is 6.54 Å². The molecule has 26 heavy (non-hydrogen) atoms. The van der Waals surface area contributed by atoms with Crippen LogP contribution in [0.25, 0.3) is 0 Å². The molecule has 2 aliphatic heterocycles. The highest BCUT2D eigenvalue weighted by atomic mass is 16.5. The molecule has 2 amide bonds. The van der Waals surface area contributed by atoms with E-state index in [1.165, 1.54) is 12.8 Å². The lowest BCUT2D eigenvalue weighted by Gasteiger charge is -2.35. The summed E-state index contributed by atoms with van der Waals surface area (Å²) in [5, 5.41) is 0. The predicted octanol–water partition coefficient (Wildman–Crippen LogP) is 1.61. The fraction of sp³-hybridized carbons (Fsp3) is 0.600. The number of piperazine rings is 1. The van der Waals surface area contributed by atoms with Crippen LogP contribution in [0.3, 0.4) is 0 Å². The van der Waals surface area contributed by atoms with Gasteiger partial charge in [-0.2, -0.15) is 0 Å². The molecule has 6 heteroatoms. The molecule has 2 saturated heterocycles. The van der Waals surface area contributed by atoms with Crippen LogP contribution < -0.4 is 4.74 Å². The highest BCUT2D eigenvalue weighted by Crippen LogP contribution is 2.12. The van der Waals surface area contributed by atoms with Gasteiger partial charge < -0.3 is 14.5 Å². The molecule has 0 spiro atoms. The average molecular weight is 359 g/mol. The zero-order valence-corrected chi connectivity index (χ0v) is 15.4. The van der Waals surface area contributed by atoms with Gasteiger partial charge in [-0.25, -0.2) is 0 Å². The van der Waals surface area contributed by atoms with E-state index in [2.05, 4.69) is 4.90 Å². The first kappa shape index (κ1) is 18.7. The number of para-hydroxylation sites is 1. The first-order valence-electron chi connectivity index (χ1n) is 9.68. The molecule has 0 aromatic heterocycles. The van der Waals surface area contributed by atoms with Gasteiger partial charge in [-0.15, -0.1) is 0 Å². The second kappa shape index (κ2) is 9.57. The van der Waals surface area contributed by atoms with E-state index >= 15 is 0 Å². The molecule has 0 saturated carbocycles. The molecule has 0 aliphatic carbocycles. The number of carbonyl (C=O) groups is 2. The standard InChI is InChI=1S/C20H29N3O3/c24-19(22-10-6-1-2-7-11-22)16-21-12-14-23(15-13-21)20(25)17-26-18-8-4-3-5-9-18/h3-5,8-9H,1-2,6-7,10-17H2. The topological polar surface area (TPSA) is 53.1 Å². The van der Waals surface area contributed by atoms with Gasteiger partial charge in [-0.1, -0.05) is 31.0 Å². The van der Waals surface area contributed by atoms with Crippen molar-refractivity contribution in [1.29, 1.82) is 0 Å². The van der Waals surface area contributed by atoms with Crippen LogP contribution in [0.2, 0.25) is 0 Å². The van der Waals surface area contributed by atoms with E-state index < -0.39 is 0 Å². The molecule has 0 N–H and O–H groups in total. The maximum atomic E-state index is 12.5. The summed E-state index contributed by atoms with van der Waals surface area (Å²) in [5.41, 5.74) is 0. The van der Waals surface area contributed by atoms with Crippen molar-refractivity contribution in [2.24, 2.45) is 0 Å². The lowest BCUT2D eigenvalue weighted by molar-refractivity contribution is -0.136. The molecule has 0 unspecified atom stereocenters. The summed E-state index contributed by atoms with van der Waals surface area (Å²) in [5.74, 6) is 0.953. The van der Waals surface area contributed by atoms with Gasteiger partial charge in [0.2, 0.25) is 5.91 Å². The predicted molar refractivity (Wildman–Crippen MR) is 100 cm³/mol. The molecule has 3 rings (SSSR count). The number of rotatable bonds is 5. The third kappa shape index (κ3) is 5.46.